The van der Waals surface area contributed by atoms with Gasteiger partial charge in [0.2, 0.25) is 15.9 Å². The molecule has 156 valence electrons. The summed E-state index contributed by atoms with van der Waals surface area (Å²) in [6.45, 7) is 8.46. The number of carbonyl (C=O) groups excluding carboxylic acids is 2. The highest BCUT2D eigenvalue weighted by Gasteiger charge is 2.25. The number of nitrogens with two attached hydrogens (primary N) is 1. The lowest BCUT2D eigenvalue weighted by Crippen LogP contribution is -2.50. The number of nitrogens with zero attached hydrogens (tertiary/aromatic N) is 2. The Kier molecular flexibility index (Phi) is 7.02. The van der Waals surface area contributed by atoms with Crippen molar-refractivity contribution in [1.82, 2.24) is 9.80 Å². The normalized spacial score (nSPS) is 15.9. The Morgan fingerprint density at radius 3 is 2.39 bits per heavy atom. The minimum Gasteiger partial charge on any atom is -0.444 e. The second kappa shape index (κ2) is 8.89. The fraction of sp³-hybridized carbons (Fsp3) is 0.556. The van der Waals surface area contributed by atoms with E-state index >= 15 is 0 Å². The number of anilines is 1. The smallest absolute Gasteiger partial charge is 0.410 e. The zero-order valence-corrected chi connectivity index (χ0v) is 17.3. The summed E-state index contributed by atoms with van der Waals surface area (Å²) in [5, 5.41) is 7.77. The molecule has 2 rings (SSSR count). The Labute approximate surface area is 165 Å². The molecule has 28 heavy (non-hydrogen) atoms. The van der Waals surface area contributed by atoms with E-state index in [2.05, 4.69) is 10.2 Å². The molecule has 0 bridgehead atoms. The van der Waals surface area contributed by atoms with E-state index in [9.17, 15) is 18.0 Å². The number of nitrogens with one attached hydrogen (secondary N) is 1. The van der Waals surface area contributed by atoms with Crippen molar-refractivity contribution in [2.24, 2.45) is 5.14 Å². The molecule has 0 unspecified atom stereocenters. The maximum absolute atomic E-state index is 12.1. The van der Waals surface area contributed by atoms with Gasteiger partial charge in [-0.15, -0.1) is 0 Å². The molecule has 3 N–H and O–H groups in total. The minimum atomic E-state index is -3.82. The molecule has 0 saturated carbocycles. The molecule has 10 heteroatoms. The first kappa shape index (κ1) is 22.1. The standard InChI is InChI=1S/C18H28N4O5S/c1-18(2,3)27-17(24)22-11-9-21(10-12-22)8-7-16(23)20-14-5-4-6-15(13-14)28(19,25)26/h4-6,13H,7-12H2,1-3H3,(H,20,23)(H2,19,25,26). The molecule has 0 aromatic heterocycles. The lowest BCUT2D eigenvalue weighted by Gasteiger charge is -2.35. The highest BCUT2D eigenvalue weighted by atomic mass is 32.2. The van der Waals surface area contributed by atoms with Crippen molar-refractivity contribution in [3.05, 3.63) is 24.3 Å². The van der Waals surface area contributed by atoms with Crippen LogP contribution in [-0.4, -0.2) is 68.5 Å². The van der Waals surface area contributed by atoms with E-state index < -0.39 is 15.6 Å². The molecule has 1 aliphatic heterocycles. The molecule has 1 aromatic carbocycles. The van der Waals surface area contributed by atoms with Gasteiger partial charge in [-0.1, -0.05) is 6.07 Å². The maximum Gasteiger partial charge on any atom is 0.410 e. The number of sulfonamides is 1. The van der Waals surface area contributed by atoms with Gasteiger partial charge >= 0.3 is 6.09 Å². The van der Waals surface area contributed by atoms with Gasteiger partial charge in [-0.05, 0) is 39.0 Å². The number of rotatable bonds is 5. The molecule has 9 nitrogen and oxygen atoms in total. The molecular formula is C18H28N4O5S. The summed E-state index contributed by atoms with van der Waals surface area (Å²) < 4.78 is 28.1. The van der Waals surface area contributed by atoms with E-state index in [0.29, 0.717) is 38.4 Å². The summed E-state index contributed by atoms with van der Waals surface area (Å²) in [7, 11) is -3.82. The molecule has 0 aliphatic carbocycles. The fourth-order valence-corrected chi connectivity index (χ4v) is 3.27. The third kappa shape index (κ3) is 7.10. The monoisotopic (exact) mass is 412 g/mol. The van der Waals surface area contributed by atoms with Crippen LogP contribution in [0.1, 0.15) is 27.2 Å². The SMILES string of the molecule is CC(C)(C)OC(=O)N1CCN(CCC(=O)Nc2cccc(S(N)(=O)=O)c2)CC1. The third-order valence-electron chi connectivity index (χ3n) is 4.13. The predicted octanol–water partition coefficient (Wildman–Crippen LogP) is 1.22. The zero-order valence-electron chi connectivity index (χ0n) is 16.5. The second-order valence-electron chi connectivity index (χ2n) is 7.68. The summed E-state index contributed by atoms with van der Waals surface area (Å²) >= 11 is 0. The number of hydrogen-bond acceptors (Lipinski definition) is 6. The van der Waals surface area contributed by atoms with Crippen molar-refractivity contribution in [1.29, 1.82) is 0 Å². The summed E-state index contributed by atoms with van der Waals surface area (Å²) in [4.78, 5) is 27.9. The van der Waals surface area contributed by atoms with Crippen LogP contribution in [0.25, 0.3) is 0 Å². The number of benzene rings is 1. The number of piperazine rings is 1. The van der Waals surface area contributed by atoms with E-state index in [4.69, 9.17) is 9.88 Å². The number of carbonyl (C=O) groups is 2. The molecule has 0 atom stereocenters. The topological polar surface area (TPSA) is 122 Å². The van der Waals surface area contributed by atoms with Crippen molar-refractivity contribution < 1.29 is 22.7 Å². The molecule has 1 aliphatic rings. The van der Waals surface area contributed by atoms with Crippen LogP contribution in [-0.2, 0) is 19.6 Å². The van der Waals surface area contributed by atoms with Crippen molar-refractivity contribution in [2.75, 3.05) is 38.0 Å². The summed E-state index contributed by atoms with van der Waals surface area (Å²) in [6.07, 6.45) is -0.0638. The Morgan fingerprint density at radius 2 is 1.82 bits per heavy atom. The van der Waals surface area contributed by atoms with E-state index in [1.54, 1.807) is 11.0 Å². The van der Waals surface area contributed by atoms with Gasteiger partial charge in [-0.25, -0.2) is 18.4 Å². The van der Waals surface area contributed by atoms with Crippen LogP contribution in [0.4, 0.5) is 10.5 Å². The lowest BCUT2D eigenvalue weighted by molar-refractivity contribution is -0.116. The van der Waals surface area contributed by atoms with E-state index in [1.807, 2.05) is 20.8 Å². The number of ether oxygens (including phenoxy) is 1. The molecule has 0 spiro atoms. The molecule has 1 aromatic rings. The fourth-order valence-electron chi connectivity index (χ4n) is 2.71. The molecule has 0 radical (unpaired) electrons. The van der Waals surface area contributed by atoms with E-state index in [1.165, 1.54) is 18.2 Å². The summed E-state index contributed by atoms with van der Waals surface area (Å²) in [5.74, 6) is -0.221. The average molecular weight is 413 g/mol. The average Bonchev–Trinajstić information content (AvgIpc) is 2.58. The lowest BCUT2D eigenvalue weighted by atomic mass is 10.2. The number of hydrogen-bond donors (Lipinski definition) is 2. The first-order valence-corrected chi connectivity index (χ1v) is 10.6. The van der Waals surface area contributed by atoms with E-state index in [0.717, 1.165) is 0 Å². The van der Waals surface area contributed by atoms with Gasteiger partial charge in [0, 0.05) is 44.8 Å². The summed E-state index contributed by atoms with van der Waals surface area (Å²) in [5.41, 5.74) is -0.140. The summed E-state index contributed by atoms with van der Waals surface area (Å²) in [6, 6.07) is 5.82. The van der Waals surface area contributed by atoms with Gasteiger partial charge in [-0.3, -0.25) is 9.69 Å². The Balaban J connectivity index is 1.77. The van der Waals surface area contributed by atoms with Crippen LogP contribution in [0, 0.1) is 0 Å². The van der Waals surface area contributed by atoms with Gasteiger partial charge < -0.3 is 15.0 Å². The van der Waals surface area contributed by atoms with Crippen LogP contribution < -0.4 is 10.5 Å². The second-order valence-corrected chi connectivity index (χ2v) is 9.24. The molecule has 2 amide bonds. The first-order valence-electron chi connectivity index (χ1n) is 9.07. The van der Waals surface area contributed by atoms with Gasteiger partial charge in [-0.2, -0.15) is 0 Å². The number of amides is 2. The third-order valence-corrected chi connectivity index (χ3v) is 5.04. The van der Waals surface area contributed by atoms with Gasteiger partial charge in [0.15, 0.2) is 0 Å². The van der Waals surface area contributed by atoms with Gasteiger partial charge in [0.05, 0.1) is 4.90 Å². The Morgan fingerprint density at radius 1 is 1.18 bits per heavy atom. The van der Waals surface area contributed by atoms with Gasteiger partial charge in [0.1, 0.15) is 5.60 Å². The van der Waals surface area contributed by atoms with Crippen molar-refractivity contribution in [2.45, 2.75) is 37.7 Å². The molecule has 1 heterocycles. The molecule has 1 fully saturated rings. The molecular weight excluding hydrogens is 384 g/mol. The Hall–Kier alpha value is -2.17. The molecule has 1 saturated heterocycles. The van der Waals surface area contributed by atoms with Crippen LogP contribution in [0.2, 0.25) is 0 Å². The van der Waals surface area contributed by atoms with E-state index in [-0.39, 0.29) is 23.3 Å². The Bertz CT molecular complexity index is 812. The van der Waals surface area contributed by atoms with Crippen LogP contribution >= 0.6 is 0 Å². The highest BCUT2D eigenvalue weighted by Crippen LogP contribution is 2.15. The first-order chi connectivity index (χ1) is 12.9. The van der Waals surface area contributed by atoms with Crippen molar-refractivity contribution in [3.8, 4) is 0 Å². The maximum atomic E-state index is 12.1. The van der Waals surface area contributed by atoms with Crippen LogP contribution in [0.15, 0.2) is 29.2 Å². The quantitative estimate of drug-likeness (QED) is 0.750. The zero-order chi connectivity index (χ0) is 20.9. The van der Waals surface area contributed by atoms with Crippen molar-refractivity contribution in [3.63, 3.8) is 0 Å². The largest absolute Gasteiger partial charge is 0.444 e. The van der Waals surface area contributed by atoms with Crippen LogP contribution in [0.5, 0.6) is 0 Å². The minimum absolute atomic E-state index is 0.0523. The van der Waals surface area contributed by atoms with Crippen molar-refractivity contribution >= 4 is 27.7 Å². The number of primary sulfonamides is 1. The van der Waals surface area contributed by atoms with Crippen LogP contribution in [0.3, 0.4) is 0 Å². The van der Waals surface area contributed by atoms with Gasteiger partial charge in [0.25, 0.3) is 0 Å². The highest BCUT2D eigenvalue weighted by molar-refractivity contribution is 7.89. The predicted molar refractivity (Wildman–Crippen MR) is 105 cm³/mol.